The molecule has 6 heteroatoms. The number of piperazine rings is 1. The molecule has 1 fully saturated rings. The van der Waals surface area contributed by atoms with Crippen molar-refractivity contribution in [3.05, 3.63) is 35.1 Å². The predicted octanol–water partition coefficient (Wildman–Crippen LogP) is 4.23. The van der Waals surface area contributed by atoms with Gasteiger partial charge in [-0.3, -0.25) is 4.90 Å². The second kappa shape index (κ2) is 7.62. The zero-order chi connectivity index (χ0) is 17.0. The molecule has 1 atom stereocenters. The van der Waals surface area contributed by atoms with E-state index in [9.17, 15) is 17.6 Å². The highest BCUT2D eigenvalue weighted by molar-refractivity contribution is 5.33. The Hall–Kier alpha value is -1.14. The number of nitrogens with one attached hydrogen (secondary N) is 1. The first-order chi connectivity index (χ1) is 10.8. The lowest BCUT2D eigenvalue weighted by molar-refractivity contribution is -0.139. The fraction of sp³-hybridized carbons (Fsp3) is 0.647. The van der Waals surface area contributed by atoms with Crippen LogP contribution in [0.5, 0.6) is 0 Å². The molecule has 1 N–H and O–H groups in total. The molecule has 0 radical (unpaired) electrons. The molecule has 0 bridgehead atoms. The standard InChI is InChI=1S/C17H24F4N2/c1-12(2)3-6-16(23-9-7-22-8-10-23)14-5-4-13(18)11-15(14)17(19,20)21/h4-5,11-12,16,22H,3,6-10H2,1-2H3/t16-/m1/s1. The first-order valence-corrected chi connectivity index (χ1v) is 8.10. The molecule has 2 nitrogen and oxygen atoms in total. The zero-order valence-electron chi connectivity index (χ0n) is 13.6. The molecule has 1 aromatic rings. The molecule has 0 spiro atoms. The fourth-order valence-electron chi connectivity index (χ4n) is 3.08. The van der Waals surface area contributed by atoms with Crippen LogP contribution in [0.4, 0.5) is 17.6 Å². The average Bonchev–Trinajstić information content (AvgIpc) is 2.48. The van der Waals surface area contributed by atoms with Gasteiger partial charge in [0.25, 0.3) is 0 Å². The molecule has 0 saturated carbocycles. The summed E-state index contributed by atoms with van der Waals surface area (Å²) in [7, 11) is 0. The minimum Gasteiger partial charge on any atom is -0.314 e. The topological polar surface area (TPSA) is 15.3 Å². The van der Waals surface area contributed by atoms with Crippen LogP contribution in [0.2, 0.25) is 0 Å². The molecule has 2 rings (SSSR count). The molecule has 1 heterocycles. The van der Waals surface area contributed by atoms with E-state index in [2.05, 4.69) is 24.1 Å². The largest absolute Gasteiger partial charge is 0.416 e. The molecule has 1 aromatic carbocycles. The van der Waals surface area contributed by atoms with Crippen LogP contribution in [-0.2, 0) is 6.18 Å². The number of nitrogens with zero attached hydrogens (tertiary/aromatic N) is 1. The SMILES string of the molecule is CC(C)CC[C@H](c1ccc(F)cc1C(F)(F)F)N1CCNCC1. The number of hydrogen-bond donors (Lipinski definition) is 1. The van der Waals surface area contributed by atoms with Crippen LogP contribution in [0, 0.1) is 11.7 Å². The third-order valence-corrected chi connectivity index (χ3v) is 4.29. The minimum atomic E-state index is -4.54. The Balaban J connectivity index is 2.37. The number of rotatable bonds is 5. The number of halogens is 4. The Kier molecular flexibility index (Phi) is 6.03. The van der Waals surface area contributed by atoms with Crippen molar-refractivity contribution in [2.24, 2.45) is 5.92 Å². The van der Waals surface area contributed by atoms with Crippen molar-refractivity contribution in [3.63, 3.8) is 0 Å². The number of benzene rings is 1. The second-order valence-electron chi connectivity index (χ2n) is 6.50. The van der Waals surface area contributed by atoms with Crippen molar-refractivity contribution in [2.45, 2.75) is 38.9 Å². The van der Waals surface area contributed by atoms with Crippen LogP contribution in [0.25, 0.3) is 0 Å². The molecule has 23 heavy (non-hydrogen) atoms. The van der Waals surface area contributed by atoms with Crippen LogP contribution >= 0.6 is 0 Å². The Morgan fingerprint density at radius 3 is 2.35 bits per heavy atom. The molecule has 0 aliphatic carbocycles. The van der Waals surface area contributed by atoms with Crippen molar-refractivity contribution in [1.82, 2.24) is 10.2 Å². The van der Waals surface area contributed by atoms with E-state index >= 15 is 0 Å². The van der Waals surface area contributed by atoms with E-state index in [-0.39, 0.29) is 11.6 Å². The predicted molar refractivity (Wildman–Crippen MR) is 82.7 cm³/mol. The van der Waals surface area contributed by atoms with Gasteiger partial charge in [-0.25, -0.2) is 4.39 Å². The summed E-state index contributed by atoms with van der Waals surface area (Å²) in [5.41, 5.74) is -0.647. The Labute approximate surface area is 134 Å². The van der Waals surface area contributed by atoms with Gasteiger partial charge in [-0.15, -0.1) is 0 Å². The maximum absolute atomic E-state index is 13.4. The van der Waals surface area contributed by atoms with Gasteiger partial charge < -0.3 is 5.32 Å². The smallest absolute Gasteiger partial charge is 0.314 e. The van der Waals surface area contributed by atoms with Gasteiger partial charge in [0.2, 0.25) is 0 Å². The molecule has 0 aromatic heterocycles. The molecule has 1 aliphatic rings. The maximum Gasteiger partial charge on any atom is 0.416 e. The van der Waals surface area contributed by atoms with E-state index in [1.54, 1.807) is 0 Å². The van der Waals surface area contributed by atoms with E-state index in [4.69, 9.17) is 0 Å². The van der Waals surface area contributed by atoms with Crippen LogP contribution in [0.1, 0.15) is 43.9 Å². The number of alkyl halides is 3. The molecule has 0 amide bonds. The van der Waals surface area contributed by atoms with Crippen molar-refractivity contribution >= 4 is 0 Å². The first kappa shape index (κ1) is 18.2. The Morgan fingerprint density at radius 2 is 1.78 bits per heavy atom. The third kappa shape index (κ3) is 4.91. The Bertz CT molecular complexity index is 508. The van der Waals surface area contributed by atoms with E-state index in [0.29, 0.717) is 31.5 Å². The lowest BCUT2D eigenvalue weighted by Gasteiger charge is -2.36. The molecule has 130 valence electrons. The first-order valence-electron chi connectivity index (χ1n) is 8.10. The highest BCUT2D eigenvalue weighted by Crippen LogP contribution is 2.39. The fourth-order valence-corrected chi connectivity index (χ4v) is 3.08. The molecule has 1 aliphatic heterocycles. The summed E-state index contributed by atoms with van der Waals surface area (Å²) in [5, 5.41) is 3.22. The van der Waals surface area contributed by atoms with Gasteiger partial charge in [0.1, 0.15) is 5.82 Å². The summed E-state index contributed by atoms with van der Waals surface area (Å²) >= 11 is 0. The highest BCUT2D eigenvalue weighted by Gasteiger charge is 2.37. The normalized spacial score (nSPS) is 18.4. The van der Waals surface area contributed by atoms with Crippen molar-refractivity contribution in [2.75, 3.05) is 26.2 Å². The van der Waals surface area contributed by atoms with Crippen molar-refractivity contribution in [3.8, 4) is 0 Å². The van der Waals surface area contributed by atoms with Crippen LogP contribution in [-0.4, -0.2) is 31.1 Å². The third-order valence-electron chi connectivity index (χ3n) is 4.29. The molecule has 1 saturated heterocycles. The van der Waals surface area contributed by atoms with Crippen molar-refractivity contribution < 1.29 is 17.6 Å². The van der Waals surface area contributed by atoms with Crippen LogP contribution in [0.15, 0.2) is 18.2 Å². The van der Waals surface area contributed by atoms with Gasteiger partial charge in [-0.1, -0.05) is 19.9 Å². The maximum atomic E-state index is 13.4. The summed E-state index contributed by atoms with van der Waals surface area (Å²) in [6.07, 6.45) is -3.06. The highest BCUT2D eigenvalue weighted by atomic mass is 19.4. The summed E-state index contributed by atoms with van der Waals surface area (Å²) in [6.45, 7) is 7.06. The summed E-state index contributed by atoms with van der Waals surface area (Å²) in [6, 6.07) is 2.75. The van der Waals surface area contributed by atoms with Gasteiger partial charge >= 0.3 is 6.18 Å². The van der Waals surface area contributed by atoms with Crippen molar-refractivity contribution in [1.29, 1.82) is 0 Å². The molecule has 0 unspecified atom stereocenters. The summed E-state index contributed by atoms with van der Waals surface area (Å²) in [5.74, 6) is -0.431. The summed E-state index contributed by atoms with van der Waals surface area (Å²) < 4.78 is 53.4. The van der Waals surface area contributed by atoms with Crippen LogP contribution < -0.4 is 5.32 Å². The Morgan fingerprint density at radius 1 is 1.13 bits per heavy atom. The van der Waals surface area contributed by atoms with E-state index in [1.807, 2.05) is 0 Å². The summed E-state index contributed by atoms with van der Waals surface area (Å²) in [4.78, 5) is 2.08. The molecular formula is C17H24F4N2. The number of hydrogen-bond acceptors (Lipinski definition) is 2. The van der Waals surface area contributed by atoms with Gasteiger partial charge in [-0.05, 0) is 36.5 Å². The second-order valence-corrected chi connectivity index (χ2v) is 6.50. The van der Waals surface area contributed by atoms with E-state index < -0.39 is 17.6 Å². The lowest BCUT2D eigenvalue weighted by atomic mass is 9.92. The molecular weight excluding hydrogens is 308 g/mol. The minimum absolute atomic E-state index is 0.196. The van der Waals surface area contributed by atoms with E-state index in [0.717, 1.165) is 25.6 Å². The zero-order valence-corrected chi connectivity index (χ0v) is 13.6. The van der Waals surface area contributed by atoms with Gasteiger partial charge in [-0.2, -0.15) is 13.2 Å². The van der Waals surface area contributed by atoms with Crippen LogP contribution in [0.3, 0.4) is 0 Å². The van der Waals surface area contributed by atoms with Gasteiger partial charge in [0.15, 0.2) is 0 Å². The monoisotopic (exact) mass is 332 g/mol. The van der Waals surface area contributed by atoms with Gasteiger partial charge in [0, 0.05) is 32.2 Å². The van der Waals surface area contributed by atoms with E-state index in [1.165, 1.54) is 6.07 Å². The lowest BCUT2D eigenvalue weighted by Crippen LogP contribution is -2.45. The van der Waals surface area contributed by atoms with Gasteiger partial charge in [0.05, 0.1) is 5.56 Å². The quantitative estimate of drug-likeness (QED) is 0.812. The average molecular weight is 332 g/mol.